The molecule has 0 aromatic heterocycles. The van der Waals surface area contributed by atoms with Crippen LogP contribution in [0.5, 0.6) is 0 Å². The number of nitrogens with two attached hydrogens (primary N) is 1. The standard InChI is InChI=1S/C27H38N6O5S.C2H4O2/c28-30-19-32-12-3-5-20(18-32)17-29-26(35)16-25(27(36)33(13-4-14-34)23-9-10-23)31-39(37,38)24-11-8-21-6-1-2-7-22(21)15-24;1-2(3)4/h1-2,6-8,11,15,19-20,23,25,31,34H,3-5,9-10,12-14,16-18,28H2,(H,29,35);1H3,(H,3,4)/b30-19-;/t20?,25-;/m0./s1. The number of aliphatic hydroxyl groups excluding tert-OH is 1. The van der Waals surface area contributed by atoms with Crippen LogP contribution in [0.2, 0.25) is 0 Å². The van der Waals surface area contributed by atoms with Crippen LogP contribution in [-0.4, -0.2) is 97.4 Å². The summed E-state index contributed by atoms with van der Waals surface area (Å²) < 4.78 is 29.4. The second-order valence-corrected chi connectivity index (χ2v) is 12.5. The molecule has 2 amide bonds. The number of nitrogens with one attached hydrogen (secondary N) is 2. The zero-order valence-electron chi connectivity index (χ0n) is 24.4. The van der Waals surface area contributed by atoms with Crippen LogP contribution in [0.15, 0.2) is 52.5 Å². The monoisotopic (exact) mass is 618 g/mol. The number of carbonyl (C=O) groups excluding carboxylic acids is 2. The van der Waals surface area contributed by atoms with Crippen LogP contribution >= 0.6 is 0 Å². The van der Waals surface area contributed by atoms with Gasteiger partial charge in [-0.25, -0.2) is 8.42 Å². The molecule has 43 heavy (non-hydrogen) atoms. The lowest BCUT2D eigenvalue weighted by atomic mass is 9.98. The average Bonchev–Trinajstić information content (AvgIpc) is 3.81. The maximum atomic E-state index is 13.6. The first-order valence-electron chi connectivity index (χ1n) is 14.4. The number of rotatable bonds is 13. The number of carboxylic acids is 1. The van der Waals surface area contributed by atoms with E-state index >= 15 is 0 Å². The summed E-state index contributed by atoms with van der Waals surface area (Å²) in [6.07, 6.45) is 5.15. The van der Waals surface area contributed by atoms with E-state index in [-0.39, 0.29) is 29.9 Å². The molecule has 0 bridgehead atoms. The van der Waals surface area contributed by atoms with E-state index in [4.69, 9.17) is 15.7 Å². The van der Waals surface area contributed by atoms with E-state index in [0.717, 1.165) is 49.9 Å². The van der Waals surface area contributed by atoms with Crippen molar-refractivity contribution >= 4 is 44.9 Å². The number of aliphatic hydroxyl groups is 1. The number of carbonyl (C=O) groups is 3. The number of amides is 2. The van der Waals surface area contributed by atoms with E-state index in [1.807, 2.05) is 29.2 Å². The molecule has 14 heteroatoms. The van der Waals surface area contributed by atoms with Crippen LogP contribution in [0.1, 0.15) is 45.4 Å². The molecule has 1 unspecified atom stereocenters. The summed E-state index contributed by atoms with van der Waals surface area (Å²) in [5.41, 5.74) is 0. The third-order valence-electron chi connectivity index (χ3n) is 7.21. The van der Waals surface area contributed by atoms with E-state index in [1.165, 1.54) is 6.07 Å². The molecule has 1 aliphatic carbocycles. The van der Waals surface area contributed by atoms with E-state index in [1.54, 1.807) is 23.4 Å². The lowest BCUT2D eigenvalue weighted by Gasteiger charge is -2.31. The molecule has 0 radical (unpaired) electrons. The van der Waals surface area contributed by atoms with Gasteiger partial charge in [0.2, 0.25) is 21.8 Å². The Labute approximate surface area is 252 Å². The van der Waals surface area contributed by atoms with Crippen molar-refractivity contribution in [2.75, 3.05) is 32.8 Å². The maximum Gasteiger partial charge on any atom is 0.300 e. The summed E-state index contributed by atoms with van der Waals surface area (Å²) in [5.74, 6) is 3.76. The molecule has 2 aromatic rings. The summed E-state index contributed by atoms with van der Waals surface area (Å²) in [7, 11) is -4.11. The number of fused-ring (bicyclic) bond motifs is 1. The van der Waals surface area contributed by atoms with Crippen LogP contribution < -0.4 is 15.9 Å². The molecule has 2 atom stereocenters. The molecule has 1 aliphatic heterocycles. The van der Waals surface area contributed by atoms with E-state index in [0.29, 0.717) is 26.1 Å². The van der Waals surface area contributed by atoms with Gasteiger partial charge < -0.3 is 31.2 Å². The van der Waals surface area contributed by atoms with Crippen LogP contribution in [0, 0.1) is 5.92 Å². The molecule has 13 nitrogen and oxygen atoms in total. The summed E-state index contributed by atoms with van der Waals surface area (Å²) in [6.45, 7) is 3.26. The van der Waals surface area contributed by atoms with Gasteiger partial charge in [-0.3, -0.25) is 14.4 Å². The molecule has 2 fully saturated rings. The zero-order chi connectivity index (χ0) is 31.4. The van der Waals surface area contributed by atoms with Gasteiger partial charge in [-0.2, -0.15) is 9.82 Å². The second-order valence-electron chi connectivity index (χ2n) is 10.8. The van der Waals surface area contributed by atoms with E-state index in [2.05, 4.69) is 15.1 Å². The summed E-state index contributed by atoms with van der Waals surface area (Å²) >= 11 is 0. The highest BCUT2D eigenvalue weighted by Crippen LogP contribution is 2.28. The van der Waals surface area contributed by atoms with Gasteiger partial charge in [0.15, 0.2) is 0 Å². The Morgan fingerprint density at radius 3 is 2.51 bits per heavy atom. The molecule has 1 saturated carbocycles. The average molecular weight is 619 g/mol. The molecule has 2 aliphatic rings. The Balaban J connectivity index is 0.00000119. The Morgan fingerprint density at radius 2 is 1.86 bits per heavy atom. The lowest BCUT2D eigenvalue weighted by molar-refractivity contribution is -0.136. The van der Waals surface area contributed by atoms with Crippen molar-refractivity contribution in [1.82, 2.24) is 19.8 Å². The van der Waals surface area contributed by atoms with Gasteiger partial charge in [0, 0.05) is 45.8 Å². The minimum absolute atomic E-state index is 0.00258. The number of aliphatic carboxylic acids is 1. The van der Waals surface area contributed by atoms with Gasteiger partial charge in [0.1, 0.15) is 12.4 Å². The minimum Gasteiger partial charge on any atom is -0.481 e. The summed E-state index contributed by atoms with van der Waals surface area (Å²) in [5, 5.41) is 24.8. The van der Waals surface area contributed by atoms with Crippen molar-refractivity contribution in [3.63, 3.8) is 0 Å². The number of carboxylic acid groups (broad SMARTS) is 1. The van der Waals surface area contributed by atoms with Crippen molar-refractivity contribution in [2.24, 2.45) is 16.9 Å². The van der Waals surface area contributed by atoms with Crippen LogP contribution in [0.25, 0.3) is 10.8 Å². The van der Waals surface area contributed by atoms with Crippen molar-refractivity contribution in [1.29, 1.82) is 0 Å². The fourth-order valence-corrected chi connectivity index (χ4v) is 6.27. The zero-order valence-corrected chi connectivity index (χ0v) is 25.2. The molecular weight excluding hydrogens is 576 g/mol. The largest absolute Gasteiger partial charge is 0.481 e. The smallest absolute Gasteiger partial charge is 0.300 e. The number of benzene rings is 2. The summed E-state index contributed by atoms with van der Waals surface area (Å²) in [4.78, 5) is 39.2. The SMILES string of the molecule is CC(=O)O.N/N=C\N1CCCC(CNC(=O)C[C@H](NS(=O)(=O)c2ccc3ccccc3c2)C(=O)N(CCCO)C2CC2)C1. The Hall–Kier alpha value is -3.75. The van der Waals surface area contributed by atoms with E-state index < -0.39 is 33.8 Å². The highest BCUT2D eigenvalue weighted by molar-refractivity contribution is 7.89. The highest BCUT2D eigenvalue weighted by Gasteiger charge is 2.38. The molecule has 4 rings (SSSR count). The minimum atomic E-state index is -4.11. The number of nitrogens with zero attached hydrogens (tertiary/aromatic N) is 3. The van der Waals surface area contributed by atoms with Gasteiger partial charge >= 0.3 is 0 Å². The fraction of sp³-hybridized carbons (Fsp3) is 0.517. The predicted molar refractivity (Wildman–Crippen MR) is 162 cm³/mol. The molecule has 2 aromatic carbocycles. The number of likely N-dealkylation sites (tertiary alicyclic amines) is 1. The summed E-state index contributed by atoms with van der Waals surface area (Å²) in [6, 6.07) is 10.9. The molecule has 0 spiro atoms. The van der Waals surface area contributed by atoms with Gasteiger partial charge in [0.25, 0.3) is 5.97 Å². The number of hydrogen-bond acceptors (Lipinski definition) is 8. The number of hydrogen-bond donors (Lipinski definition) is 5. The van der Waals surface area contributed by atoms with Gasteiger partial charge in [-0.1, -0.05) is 30.3 Å². The molecule has 6 N–H and O–H groups in total. The normalized spacial score (nSPS) is 17.6. The molecule has 236 valence electrons. The highest BCUT2D eigenvalue weighted by atomic mass is 32.2. The van der Waals surface area contributed by atoms with Crippen LogP contribution in [0.3, 0.4) is 0 Å². The van der Waals surface area contributed by atoms with Crippen molar-refractivity contribution in [3.05, 3.63) is 42.5 Å². The topological polar surface area (TPSA) is 195 Å². The molecule has 1 saturated heterocycles. The second kappa shape index (κ2) is 16.2. The quantitative estimate of drug-likeness (QED) is 0.0944. The van der Waals surface area contributed by atoms with Gasteiger partial charge in [-0.05, 0) is 60.9 Å². The van der Waals surface area contributed by atoms with Crippen molar-refractivity contribution in [2.45, 2.75) is 62.4 Å². The van der Waals surface area contributed by atoms with Crippen LogP contribution in [-0.2, 0) is 24.4 Å². The lowest BCUT2D eigenvalue weighted by Crippen LogP contribution is -2.51. The molecule has 1 heterocycles. The predicted octanol–water partition coefficient (Wildman–Crippen LogP) is 1.07. The number of sulfonamides is 1. The van der Waals surface area contributed by atoms with Gasteiger partial charge in [-0.15, -0.1) is 0 Å². The van der Waals surface area contributed by atoms with Crippen LogP contribution in [0.4, 0.5) is 0 Å². The Kier molecular flexibility index (Phi) is 12.7. The number of piperidine rings is 1. The van der Waals surface area contributed by atoms with E-state index in [9.17, 15) is 23.1 Å². The Bertz CT molecular complexity index is 1380. The van der Waals surface area contributed by atoms with Crippen molar-refractivity contribution < 1.29 is 33.0 Å². The first-order chi connectivity index (χ1) is 20.5. The van der Waals surface area contributed by atoms with Gasteiger partial charge in [0.05, 0.1) is 11.3 Å². The first kappa shape index (κ1) is 33.7. The fourth-order valence-electron chi connectivity index (χ4n) is 5.05. The number of hydrazone groups is 1. The van der Waals surface area contributed by atoms with Crippen molar-refractivity contribution in [3.8, 4) is 0 Å². The third kappa shape index (κ3) is 10.8. The Morgan fingerprint density at radius 1 is 1.16 bits per heavy atom. The first-order valence-corrected chi connectivity index (χ1v) is 15.9. The maximum absolute atomic E-state index is 13.6. The molecular formula is C29H42N6O7S. The third-order valence-corrected chi connectivity index (χ3v) is 8.68.